The van der Waals surface area contributed by atoms with E-state index < -0.39 is 15.9 Å². The first-order chi connectivity index (χ1) is 13.3. The van der Waals surface area contributed by atoms with E-state index >= 15 is 0 Å². The van der Waals surface area contributed by atoms with Gasteiger partial charge in [0.15, 0.2) is 0 Å². The standard InChI is InChI=1S/C21H15FN2O3S/c22-18-13-9-16(10-14-18)6-5-15-7-11-17(12-8-15)21(25)24-19-3-1-2-4-20(19)28(23,26)27/h1-4,7-14H,(H,24,25)(H2,23,26,27). The first kappa shape index (κ1) is 19.3. The van der Waals surface area contributed by atoms with Gasteiger partial charge in [-0.1, -0.05) is 24.0 Å². The number of sulfonamides is 1. The lowest BCUT2D eigenvalue weighted by Crippen LogP contribution is -2.18. The highest BCUT2D eigenvalue weighted by molar-refractivity contribution is 7.89. The molecule has 7 heteroatoms. The van der Waals surface area contributed by atoms with E-state index in [1.807, 2.05) is 0 Å². The summed E-state index contributed by atoms with van der Waals surface area (Å²) in [7, 11) is -3.96. The van der Waals surface area contributed by atoms with Gasteiger partial charge >= 0.3 is 0 Å². The summed E-state index contributed by atoms with van der Waals surface area (Å²) in [6, 6.07) is 18.2. The lowest BCUT2D eigenvalue weighted by atomic mass is 10.1. The van der Waals surface area contributed by atoms with E-state index in [9.17, 15) is 17.6 Å². The Labute approximate surface area is 162 Å². The molecule has 0 spiro atoms. The maximum atomic E-state index is 12.9. The Morgan fingerprint density at radius 1 is 0.857 bits per heavy atom. The Bertz CT molecular complexity index is 1180. The Morgan fingerprint density at radius 2 is 1.39 bits per heavy atom. The topological polar surface area (TPSA) is 89.3 Å². The van der Waals surface area contributed by atoms with Gasteiger partial charge in [0, 0.05) is 16.7 Å². The fraction of sp³-hybridized carbons (Fsp3) is 0. The highest BCUT2D eigenvalue weighted by Crippen LogP contribution is 2.20. The Morgan fingerprint density at radius 3 is 1.96 bits per heavy atom. The van der Waals surface area contributed by atoms with E-state index in [2.05, 4.69) is 17.2 Å². The van der Waals surface area contributed by atoms with Crippen LogP contribution in [0, 0.1) is 17.7 Å². The molecule has 0 aliphatic carbocycles. The Kier molecular flexibility index (Phi) is 5.54. The number of carbonyl (C=O) groups excluding carboxylic acids is 1. The predicted molar refractivity (Wildman–Crippen MR) is 105 cm³/mol. The summed E-state index contributed by atoms with van der Waals surface area (Å²) in [4.78, 5) is 12.2. The fourth-order valence-electron chi connectivity index (χ4n) is 2.39. The number of para-hydroxylation sites is 1. The van der Waals surface area contributed by atoms with Gasteiger partial charge in [0.1, 0.15) is 10.7 Å². The number of rotatable bonds is 3. The van der Waals surface area contributed by atoms with E-state index in [0.717, 1.165) is 0 Å². The first-order valence-electron chi connectivity index (χ1n) is 8.14. The summed E-state index contributed by atoms with van der Waals surface area (Å²) in [5, 5.41) is 7.71. The van der Waals surface area contributed by atoms with Crippen molar-refractivity contribution in [2.24, 2.45) is 5.14 Å². The van der Waals surface area contributed by atoms with Crippen molar-refractivity contribution in [3.05, 3.63) is 95.3 Å². The molecular formula is C21H15FN2O3S. The molecule has 3 N–H and O–H groups in total. The average Bonchev–Trinajstić information content (AvgIpc) is 2.67. The molecule has 0 heterocycles. The summed E-state index contributed by atoms with van der Waals surface area (Å²) in [6.07, 6.45) is 0. The number of primary sulfonamides is 1. The molecular weight excluding hydrogens is 379 g/mol. The smallest absolute Gasteiger partial charge is 0.255 e. The molecule has 0 bridgehead atoms. The molecule has 0 saturated heterocycles. The van der Waals surface area contributed by atoms with Crippen LogP contribution in [0.4, 0.5) is 10.1 Å². The summed E-state index contributed by atoms with van der Waals surface area (Å²) in [5.74, 6) is 5.02. The number of halogens is 1. The molecule has 3 aromatic carbocycles. The minimum Gasteiger partial charge on any atom is -0.321 e. The monoisotopic (exact) mass is 394 g/mol. The molecule has 0 aliphatic heterocycles. The van der Waals surface area contributed by atoms with E-state index in [1.165, 1.54) is 30.3 Å². The zero-order valence-corrected chi connectivity index (χ0v) is 15.3. The Balaban J connectivity index is 1.76. The van der Waals surface area contributed by atoms with Crippen LogP contribution in [0.15, 0.2) is 77.7 Å². The third kappa shape index (κ3) is 4.82. The van der Waals surface area contributed by atoms with Crippen molar-refractivity contribution in [3.8, 4) is 11.8 Å². The van der Waals surface area contributed by atoms with E-state index in [4.69, 9.17) is 5.14 Å². The minimum atomic E-state index is -3.96. The zero-order chi connectivity index (χ0) is 20.1. The van der Waals surface area contributed by atoms with Gasteiger partial charge in [0.25, 0.3) is 5.91 Å². The molecule has 0 aliphatic rings. The summed E-state index contributed by atoms with van der Waals surface area (Å²) >= 11 is 0. The van der Waals surface area contributed by atoms with Gasteiger partial charge in [-0.15, -0.1) is 0 Å². The third-order valence-corrected chi connectivity index (χ3v) is 4.75. The second-order valence-electron chi connectivity index (χ2n) is 5.83. The number of carbonyl (C=O) groups is 1. The second kappa shape index (κ2) is 8.05. The van der Waals surface area contributed by atoms with Crippen LogP contribution in [0.2, 0.25) is 0 Å². The number of hydrogen-bond acceptors (Lipinski definition) is 3. The predicted octanol–water partition coefficient (Wildman–Crippen LogP) is 3.13. The van der Waals surface area contributed by atoms with Crippen molar-refractivity contribution in [3.63, 3.8) is 0 Å². The van der Waals surface area contributed by atoms with Gasteiger partial charge in [-0.3, -0.25) is 4.79 Å². The van der Waals surface area contributed by atoms with Crippen LogP contribution < -0.4 is 10.5 Å². The second-order valence-corrected chi connectivity index (χ2v) is 7.36. The van der Waals surface area contributed by atoms with Crippen molar-refractivity contribution >= 4 is 21.6 Å². The largest absolute Gasteiger partial charge is 0.321 e. The highest BCUT2D eigenvalue weighted by atomic mass is 32.2. The van der Waals surface area contributed by atoms with Crippen LogP contribution in [0.3, 0.4) is 0 Å². The lowest BCUT2D eigenvalue weighted by molar-refractivity contribution is 0.102. The number of anilines is 1. The van der Waals surface area contributed by atoms with Crippen LogP contribution in [0.1, 0.15) is 21.5 Å². The quantitative estimate of drug-likeness (QED) is 0.669. The molecule has 140 valence electrons. The number of nitrogens with two attached hydrogens (primary N) is 1. The molecule has 5 nitrogen and oxygen atoms in total. The number of benzene rings is 3. The summed E-state index contributed by atoms with van der Waals surface area (Å²) in [5.41, 5.74) is 1.78. The maximum Gasteiger partial charge on any atom is 0.255 e. The van der Waals surface area contributed by atoms with Crippen LogP contribution >= 0.6 is 0 Å². The normalized spacial score (nSPS) is 10.6. The molecule has 0 atom stereocenters. The van der Waals surface area contributed by atoms with Crippen LogP contribution in [0.25, 0.3) is 0 Å². The molecule has 0 saturated carbocycles. The van der Waals surface area contributed by atoms with Crippen LogP contribution in [-0.2, 0) is 10.0 Å². The summed E-state index contributed by atoms with van der Waals surface area (Å²) < 4.78 is 36.1. The van der Waals surface area contributed by atoms with Gasteiger partial charge in [0.05, 0.1) is 5.69 Å². The molecule has 0 unspecified atom stereocenters. The summed E-state index contributed by atoms with van der Waals surface area (Å²) in [6.45, 7) is 0. The molecule has 0 fully saturated rings. The van der Waals surface area contributed by atoms with Gasteiger partial charge in [-0.05, 0) is 60.7 Å². The molecule has 0 aromatic heterocycles. The SMILES string of the molecule is NS(=O)(=O)c1ccccc1NC(=O)c1ccc(C#Cc2ccc(F)cc2)cc1. The molecule has 3 aromatic rings. The molecule has 0 radical (unpaired) electrons. The van der Waals surface area contributed by atoms with Gasteiger partial charge in [-0.25, -0.2) is 17.9 Å². The number of hydrogen-bond donors (Lipinski definition) is 2. The average molecular weight is 394 g/mol. The highest BCUT2D eigenvalue weighted by Gasteiger charge is 2.15. The Hall–Kier alpha value is -3.47. The lowest BCUT2D eigenvalue weighted by Gasteiger charge is -2.09. The molecule has 1 amide bonds. The van der Waals surface area contributed by atoms with Crippen molar-refractivity contribution in [2.45, 2.75) is 4.90 Å². The number of amides is 1. The van der Waals surface area contributed by atoms with E-state index in [0.29, 0.717) is 16.7 Å². The van der Waals surface area contributed by atoms with Crippen LogP contribution in [-0.4, -0.2) is 14.3 Å². The number of nitrogens with one attached hydrogen (secondary N) is 1. The van der Waals surface area contributed by atoms with Crippen molar-refractivity contribution < 1.29 is 17.6 Å². The van der Waals surface area contributed by atoms with Gasteiger partial charge in [-0.2, -0.15) is 0 Å². The van der Waals surface area contributed by atoms with Crippen molar-refractivity contribution in [2.75, 3.05) is 5.32 Å². The molecule has 28 heavy (non-hydrogen) atoms. The van der Waals surface area contributed by atoms with Crippen LogP contribution in [0.5, 0.6) is 0 Å². The minimum absolute atomic E-state index is 0.107. The third-order valence-electron chi connectivity index (χ3n) is 3.78. The van der Waals surface area contributed by atoms with Crippen molar-refractivity contribution in [1.29, 1.82) is 0 Å². The van der Waals surface area contributed by atoms with E-state index in [1.54, 1.807) is 42.5 Å². The zero-order valence-electron chi connectivity index (χ0n) is 14.5. The fourth-order valence-corrected chi connectivity index (χ4v) is 3.09. The van der Waals surface area contributed by atoms with Gasteiger partial charge in [0.2, 0.25) is 10.0 Å². The maximum absolute atomic E-state index is 12.9. The first-order valence-corrected chi connectivity index (χ1v) is 9.68. The van der Waals surface area contributed by atoms with E-state index in [-0.39, 0.29) is 16.4 Å². The van der Waals surface area contributed by atoms with Crippen molar-refractivity contribution in [1.82, 2.24) is 0 Å². The molecule has 3 rings (SSSR count). The van der Waals surface area contributed by atoms with Gasteiger partial charge < -0.3 is 5.32 Å².